The van der Waals surface area contributed by atoms with Crippen LogP contribution in [0.5, 0.6) is 11.6 Å². The number of hydrogen-bond acceptors (Lipinski definition) is 11. The lowest BCUT2D eigenvalue weighted by Gasteiger charge is -2.33. The minimum Gasteiger partial charge on any atom is -0.486 e. The van der Waals surface area contributed by atoms with Crippen LogP contribution in [0.2, 0.25) is 5.15 Å². The van der Waals surface area contributed by atoms with Crippen molar-refractivity contribution in [1.82, 2.24) is 29.4 Å². The Kier molecular flexibility index (Phi) is 13.5. The highest BCUT2D eigenvalue weighted by Gasteiger charge is 2.62. The normalized spacial score (nSPS) is 17.1. The second-order valence-electron chi connectivity index (χ2n) is 17.1. The van der Waals surface area contributed by atoms with Crippen molar-refractivity contribution >= 4 is 39.4 Å². The number of hydrogen-bond donors (Lipinski definition) is 2. The Bertz CT molecular complexity index is 2300. The summed E-state index contributed by atoms with van der Waals surface area (Å²) in [5, 5.41) is 6.56. The molecule has 1 aliphatic heterocycles. The average Bonchev–Trinajstić information content (AvgIpc) is 3.73. The van der Waals surface area contributed by atoms with E-state index in [1.807, 2.05) is 69.7 Å². The van der Waals surface area contributed by atoms with Crippen molar-refractivity contribution in [1.29, 1.82) is 0 Å². The van der Waals surface area contributed by atoms with Gasteiger partial charge in [0.2, 0.25) is 10.9 Å². The minimum absolute atomic E-state index is 0.0205. The number of likely N-dealkylation sites (tertiary alicyclic amines) is 1. The van der Waals surface area contributed by atoms with Crippen LogP contribution in [-0.4, -0.2) is 82.1 Å². The number of pyridine rings is 2. The lowest BCUT2D eigenvalue weighted by molar-refractivity contribution is -0.189. The van der Waals surface area contributed by atoms with E-state index in [0.29, 0.717) is 19.5 Å². The maximum Gasteiger partial charge on any atom is 0.410 e. The number of anilines is 1. The molecule has 0 radical (unpaired) electrons. The summed E-state index contributed by atoms with van der Waals surface area (Å²) in [5.74, 6) is -0.361. The van der Waals surface area contributed by atoms with E-state index in [4.69, 9.17) is 25.8 Å². The summed E-state index contributed by atoms with van der Waals surface area (Å²) in [4.78, 5) is 36.7. The summed E-state index contributed by atoms with van der Waals surface area (Å²) in [6.07, 6.45) is -0.311. The number of alkyl halides is 3. The van der Waals surface area contributed by atoms with Crippen LogP contribution in [-0.2, 0) is 21.4 Å². The zero-order chi connectivity index (χ0) is 44.2. The Morgan fingerprint density at radius 1 is 0.967 bits per heavy atom. The topological polar surface area (TPSA) is 167 Å². The van der Waals surface area contributed by atoms with Crippen molar-refractivity contribution < 1.29 is 45.4 Å². The summed E-state index contributed by atoms with van der Waals surface area (Å²) < 4.78 is 87.8. The molecule has 1 saturated carbocycles. The Labute approximate surface area is 358 Å². The van der Waals surface area contributed by atoms with Gasteiger partial charge in [-0.3, -0.25) is 4.79 Å². The zero-order valence-corrected chi connectivity index (χ0v) is 36.3. The van der Waals surface area contributed by atoms with Crippen molar-refractivity contribution in [2.45, 2.75) is 109 Å². The van der Waals surface area contributed by atoms with Gasteiger partial charge in [0.15, 0.2) is 11.6 Å². The van der Waals surface area contributed by atoms with Gasteiger partial charge in [-0.15, -0.1) is 5.10 Å². The molecule has 4 heterocycles. The van der Waals surface area contributed by atoms with Gasteiger partial charge in [0, 0.05) is 30.9 Å². The molecule has 2 aliphatic rings. The number of nitrogens with zero attached hydrogens (tertiary/aromatic N) is 5. The van der Waals surface area contributed by atoms with Crippen LogP contribution in [0.15, 0.2) is 71.9 Å². The van der Waals surface area contributed by atoms with Crippen molar-refractivity contribution in [3.8, 4) is 17.4 Å². The quantitative estimate of drug-likeness (QED) is 0.0769. The summed E-state index contributed by atoms with van der Waals surface area (Å²) in [5.41, 5.74) is -2.04. The number of sulfonamides is 1. The van der Waals surface area contributed by atoms with Crippen molar-refractivity contribution in [2.75, 3.05) is 25.0 Å². The second kappa shape index (κ2) is 18.1. The maximum absolute atomic E-state index is 13.9. The number of carbonyl (C=O) groups excluding carboxylic acids is 2. The largest absolute Gasteiger partial charge is 0.486 e. The van der Waals surface area contributed by atoms with Gasteiger partial charge in [-0.1, -0.05) is 41.9 Å². The second-order valence-corrected chi connectivity index (χ2v) is 19.0. The fraction of sp³-hybridized carbons (Fsp3) is 0.500. The highest BCUT2D eigenvalue weighted by atomic mass is 35.5. The van der Waals surface area contributed by atoms with Gasteiger partial charge < -0.3 is 24.4 Å². The molecule has 3 aromatic heterocycles. The van der Waals surface area contributed by atoms with E-state index in [0.717, 1.165) is 18.4 Å². The fourth-order valence-corrected chi connectivity index (χ4v) is 8.56. The molecule has 4 aromatic rings. The Morgan fingerprint density at radius 3 is 2.38 bits per heavy atom. The number of amides is 2. The van der Waals surface area contributed by atoms with E-state index in [9.17, 15) is 31.2 Å². The lowest BCUT2D eigenvalue weighted by Crippen LogP contribution is -2.45. The van der Waals surface area contributed by atoms with Crippen molar-refractivity contribution in [3.05, 3.63) is 83.1 Å². The predicted molar refractivity (Wildman–Crippen MR) is 221 cm³/mol. The van der Waals surface area contributed by atoms with E-state index in [1.54, 1.807) is 11.0 Å². The molecule has 1 aromatic carbocycles. The summed E-state index contributed by atoms with van der Waals surface area (Å²) >= 11 is 6.39. The first-order valence-electron chi connectivity index (χ1n) is 20.1. The molecule has 330 valence electrons. The Hall–Kier alpha value is -5.10. The molecule has 1 unspecified atom stereocenters. The predicted octanol–water partition coefficient (Wildman–Crippen LogP) is 8.74. The van der Waals surface area contributed by atoms with Crippen molar-refractivity contribution in [3.63, 3.8) is 0 Å². The van der Waals surface area contributed by atoms with E-state index < -0.39 is 38.1 Å². The molecule has 6 rings (SSSR count). The molecule has 2 N–H and O–H groups in total. The molecule has 14 nitrogen and oxygen atoms in total. The third-order valence-corrected chi connectivity index (χ3v) is 12.1. The van der Waals surface area contributed by atoms with Crippen LogP contribution in [0.25, 0.3) is 5.82 Å². The molecule has 1 saturated heterocycles. The molecule has 2 fully saturated rings. The van der Waals surface area contributed by atoms with E-state index in [1.165, 1.54) is 35.1 Å². The van der Waals surface area contributed by atoms with E-state index >= 15 is 0 Å². The number of rotatable bonds is 17. The molecule has 1 aliphatic carbocycles. The first-order valence-corrected chi connectivity index (χ1v) is 21.9. The Morgan fingerprint density at radius 2 is 1.70 bits per heavy atom. The molecule has 19 heteroatoms. The molecule has 1 atom stereocenters. The summed E-state index contributed by atoms with van der Waals surface area (Å²) in [7, 11) is -4.66. The smallest absolute Gasteiger partial charge is 0.410 e. The van der Waals surface area contributed by atoms with Gasteiger partial charge in [0.25, 0.3) is 15.9 Å². The zero-order valence-electron chi connectivity index (χ0n) is 34.7. The molecule has 0 bridgehead atoms. The Balaban J connectivity index is 1.08. The minimum atomic E-state index is -4.66. The maximum atomic E-state index is 13.9. The summed E-state index contributed by atoms with van der Waals surface area (Å²) in [6.45, 7) is 10.7. The SMILES string of the molecule is CC(C)(C)OC(=O)N1CC(CCCNc2ccc(OCc3ccccc3)c(S(=O)(=O)NC(=O)c3ccc(-n4ccc(OCCCC5(C(F)(F)F)CC5)n4)nc3Cl)n2)CC1(C)C. The number of carbonyl (C=O) groups is 2. The van der Waals surface area contributed by atoms with Gasteiger partial charge in [-0.05, 0) is 115 Å². The van der Waals surface area contributed by atoms with E-state index in [-0.39, 0.29) is 90.4 Å². The highest BCUT2D eigenvalue weighted by molar-refractivity contribution is 7.90. The van der Waals surface area contributed by atoms with Crippen LogP contribution in [0, 0.1) is 11.3 Å². The van der Waals surface area contributed by atoms with Crippen LogP contribution >= 0.6 is 11.6 Å². The van der Waals surface area contributed by atoms with Crippen LogP contribution in [0.4, 0.5) is 23.8 Å². The monoisotopic (exact) mass is 889 g/mol. The standard InChI is InChI=1S/C42H51ClF3N7O7S/c1-39(2,3)60-38(55)52-26-29(25-40(52,4)5)13-9-22-47-32-16-15-31(59-27-28-11-7-6-8-12-28)37(48-32)61(56,57)51-36(54)30-14-17-33(49-35(30)43)53-23-18-34(50-53)58-24-10-19-41(20-21-41)42(44,45)46/h6-8,11-12,14-18,23,29H,9-10,13,19-22,24-27H2,1-5H3,(H,47,48)(H,51,54). The average molecular weight is 890 g/mol. The summed E-state index contributed by atoms with van der Waals surface area (Å²) in [6, 6.07) is 16.3. The van der Waals surface area contributed by atoms with Gasteiger partial charge in [0.05, 0.1) is 17.6 Å². The fourth-order valence-electron chi connectivity index (χ4n) is 7.26. The van der Waals surface area contributed by atoms with Crippen LogP contribution in [0.1, 0.15) is 95.5 Å². The molecule has 2 amide bonds. The van der Waals surface area contributed by atoms with Gasteiger partial charge >= 0.3 is 12.3 Å². The van der Waals surface area contributed by atoms with Gasteiger partial charge in [0.1, 0.15) is 23.2 Å². The highest BCUT2D eigenvalue weighted by Crippen LogP contribution is 2.60. The lowest BCUT2D eigenvalue weighted by atomic mass is 9.93. The van der Waals surface area contributed by atoms with Crippen molar-refractivity contribution in [2.24, 2.45) is 11.3 Å². The number of halogens is 4. The van der Waals surface area contributed by atoms with Gasteiger partial charge in [-0.25, -0.2) is 24.2 Å². The van der Waals surface area contributed by atoms with Crippen LogP contribution in [0.3, 0.4) is 0 Å². The number of ether oxygens (including phenoxy) is 3. The van der Waals surface area contributed by atoms with E-state index in [2.05, 4.69) is 20.4 Å². The molecule has 61 heavy (non-hydrogen) atoms. The number of nitrogens with one attached hydrogen (secondary N) is 2. The number of aromatic nitrogens is 4. The number of benzene rings is 1. The van der Waals surface area contributed by atoms with Crippen LogP contribution < -0.4 is 19.5 Å². The first-order chi connectivity index (χ1) is 28.6. The molecular formula is C42H51ClF3N7O7S. The third kappa shape index (κ3) is 11.6. The third-order valence-electron chi connectivity index (χ3n) is 10.6. The molecular weight excluding hydrogens is 839 g/mol. The first kappa shape index (κ1) is 45.4. The molecule has 0 spiro atoms. The van der Waals surface area contributed by atoms with Gasteiger partial charge in [-0.2, -0.15) is 21.6 Å².